The summed E-state index contributed by atoms with van der Waals surface area (Å²) < 4.78 is 43.5. The van der Waals surface area contributed by atoms with Crippen molar-refractivity contribution in [2.24, 2.45) is 0 Å². The summed E-state index contributed by atoms with van der Waals surface area (Å²) in [5.74, 6) is -1.97. The molecule has 1 atom stereocenters. The maximum atomic E-state index is 10.8. The summed E-state index contributed by atoms with van der Waals surface area (Å²) in [4.78, 5) is 10.8. The molecule has 94 valence electrons. The molecule has 1 N–H and O–H groups in total. The third-order valence-electron chi connectivity index (χ3n) is 1.70. The van der Waals surface area contributed by atoms with Crippen LogP contribution in [0.15, 0.2) is 0 Å². The van der Waals surface area contributed by atoms with Crippen LogP contribution in [0.2, 0.25) is 0 Å². The first-order chi connectivity index (χ1) is 7.47. The van der Waals surface area contributed by atoms with Gasteiger partial charge in [-0.3, -0.25) is 9.35 Å². The van der Waals surface area contributed by atoms with E-state index in [4.69, 9.17) is 14.0 Å². The van der Waals surface area contributed by atoms with Gasteiger partial charge in [0.2, 0.25) is 0 Å². The van der Waals surface area contributed by atoms with Crippen molar-refractivity contribution in [1.29, 1.82) is 0 Å². The van der Waals surface area contributed by atoms with Gasteiger partial charge in [0, 0.05) is 13.0 Å². The molecule has 0 radical (unpaired) electrons. The molecular weight excluding hydrogens is 240 g/mol. The molecule has 0 aliphatic carbocycles. The predicted molar refractivity (Wildman–Crippen MR) is 52.6 cm³/mol. The van der Waals surface area contributed by atoms with Gasteiger partial charge in [-0.15, -0.1) is 0 Å². The lowest BCUT2D eigenvalue weighted by atomic mass is 10.5. The second kappa shape index (κ2) is 6.14. The number of carbonyl (C=O) groups excluding carboxylic acids is 1. The first-order valence-electron chi connectivity index (χ1n) is 4.77. The average molecular weight is 254 g/mol. The average Bonchev–Trinajstić information content (AvgIpc) is 2.91. The van der Waals surface area contributed by atoms with Gasteiger partial charge >= 0.3 is 5.97 Å². The summed E-state index contributed by atoms with van der Waals surface area (Å²) in [6.45, 7) is 1.74. The van der Waals surface area contributed by atoms with Gasteiger partial charge in [0.05, 0.1) is 19.8 Å². The molecule has 0 aromatic rings. The molecule has 0 bridgehead atoms. The maximum Gasteiger partial charge on any atom is 0.323 e. The fourth-order valence-corrected chi connectivity index (χ4v) is 1.30. The molecule has 1 unspecified atom stereocenters. The van der Waals surface area contributed by atoms with Gasteiger partial charge in [0.25, 0.3) is 10.1 Å². The van der Waals surface area contributed by atoms with Gasteiger partial charge in [-0.25, -0.2) is 0 Å². The molecule has 7 nitrogen and oxygen atoms in total. The number of rotatable bonds is 8. The van der Waals surface area contributed by atoms with Crippen molar-refractivity contribution in [3.8, 4) is 0 Å². The Morgan fingerprint density at radius 1 is 1.44 bits per heavy atom. The van der Waals surface area contributed by atoms with E-state index in [2.05, 4.69) is 4.74 Å². The van der Waals surface area contributed by atoms with Crippen molar-refractivity contribution in [2.75, 3.05) is 32.2 Å². The van der Waals surface area contributed by atoms with Crippen LogP contribution in [0.25, 0.3) is 0 Å². The third kappa shape index (κ3) is 7.57. The summed E-state index contributed by atoms with van der Waals surface area (Å²) in [6, 6.07) is 0. The predicted octanol–water partition coefficient (Wildman–Crippen LogP) is -0.777. The Labute approximate surface area is 93.4 Å². The number of hydrogen-bond donors (Lipinski definition) is 1. The monoisotopic (exact) mass is 254 g/mol. The smallest absolute Gasteiger partial charge is 0.323 e. The lowest BCUT2D eigenvalue weighted by molar-refractivity contribution is -0.140. The number of carbonyl (C=O) groups is 1. The van der Waals surface area contributed by atoms with Crippen LogP contribution >= 0.6 is 0 Å². The van der Waals surface area contributed by atoms with Crippen molar-refractivity contribution < 1.29 is 32.0 Å². The summed E-state index contributed by atoms with van der Waals surface area (Å²) >= 11 is 0. The van der Waals surface area contributed by atoms with Gasteiger partial charge < -0.3 is 14.2 Å². The minimum absolute atomic E-state index is 0.0693. The molecule has 16 heavy (non-hydrogen) atoms. The first-order valence-corrected chi connectivity index (χ1v) is 6.38. The zero-order valence-electron chi connectivity index (χ0n) is 8.62. The molecule has 1 aliphatic heterocycles. The van der Waals surface area contributed by atoms with E-state index < -0.39 is 21.8 Å². The second-order valence-corrected chi connectivity index (χ2v) is 4.78. The topological polar surface area (TPSA) is 102 Å². The highest BCUT2D eigenvalue weighted by Gasteiger charge is 2.22. The van der Waals surface area contributed by atoms with Gasteiger partial charge in [0.1, 0.15) is 6.10 Å². The van der Waals surface area contributed by atoms with Gasteiger partial charge in [-0.2, -0.15) is 8.42 Å². The first kappa shape index (κ1) is 13.4. The molecular formula is C8H14O7S. The lowest BCUT2D eigenvalue weighted by Gasteiger charge is -2.04. The Balaban J connectivity index is 1.91. The fraction of sp³-hybridized carbons (Fsp3) is 0.875. The van der Waals surface area contributed by atoms with Crippen molar-refractivity contribution in [1.82, 2.24) is 0 Å². The molecule has 0 spiro atoms. The van der Waals surface area contributed by atoms with Crippen molar-refractivity contribution in [3.05, 3.63) is 0 Å². The minimum atomic E-state index is -4.30. The van der Waals surface area contributed by atoms with E-state index in [9.17, 15) is 13.2 Å². The summed E-state index contributed by atoms with van der Waals surface area (Å²) in [6.07, 6.45) is 0.672. The molecule has 8 heteroatoms. The van der Waals surface area contributed by atoms with Crippen LogP contribution in [0.5, 0.6) is 0 Å². The van der Waals surface area contributed by atoms with E-state index in [-0.39, 0.29) is 12.7 Å². The van der Waals surface area contributed by atoms with Crippen molar-refractivity contribution in [2.45, 2.75) is 12.5 Å². The standard InChI is InChI=1S/C8H14O7S/c9-8(6-16(10,11)12)14-3-1-2-13-4-7-5-15-7/h7H,1-6H2,(H,10,11,12). The Bertz CT molecular complexity index is 319. The molecule has 1 heterocycles. The summed E-state index contributed by atoms with van der Waals surface area (Å²) in [5.41, 5.74) is 0. The van der Waals surface area contributed by atoms with Crippen LogP contribution < -0.4 is 0 Å². The normalized spacial score (nSPS) is 19.4. The van der Waals surface area contributed by atoms with Crippen LogP contribution in [0.1, 0.15) is 6.42 Å². The van der Waals surface area contributed by atoms with E-state index in [0.717, 1.165) is 6.61 Å². The zero-order chi connectivity index (χ0) is 12.0. The third-order valence-corrected chi connectivity index (χ3v) is 2.30. The van der Waals surface area contributed by atoms with Crippen LogP contribution in [-0.2, 0) is 29.1 Å². The summed E-state index contributed by atoms with van der Waals surface area (Å²) in [7, 11) is -4.30. The lowest BCUT2D eigenvalue weighted by Crippen LogP contribution is -2.18. The molecule has 1 rings (SSSR count). The van der Waals surface area contributed by atoms with Crippen LogP contribution in [0, 0.1) is 0 Å². The number of esters is 1. The van der Waals surface area contributed by atoms with E-state index in [0.29, 0.717) is 19.6 Å². The quantitative estimate of drug-likeness (QED) is 0.262. The van der Waals surface area contributed by atoms with Crippen molar-refractivity contribution in [3.63, 3.8) is 0 Å². The second-order valence-electron chi connectivity index (χ2n) is 3.33. The van der Waals surface area contributed by atoms with Gasteiger partial charge in [-0.05, 0) is 0 Å². The summed E-state index contributed by atoms with van der Waals surface area (Å²) in [5, 5.41) is 0. The van der Waals surface area contributed by atoms with Crippen LogP contribution in [-0.4, -0.2) is 57.2 Å². The van der Waals surface area contributed by atoms with Gasteiger partial charge in [-0.1, -0.05) is 0 Å². The Morgan fingerprint density at radius 2 is 2.12 bits per heavy atom. The number of ether oxygens (including phenoxy) is 3. The van der Waals surface area contributed by atoms with Crippen LogP contribution in [0.4, 0.5) is 0 Å². The Hall–Kier alpha value is -0.700. The van der Waals surface area contributed by atoms with Crippen molar-refractivity contribution >= 4 is 16.1 Å². The van der Waals surface area contributed by atoms with E-state index in [1.54, 1.807) is 0 Å². The van der Waals surface area contributed by atoms with E-state index >= 15 is 0 Å². The maximum absolute atomic E-state index is 10.8. The number of hydrogen-bond acceptors (Lipinski definition) is 6. The Morgan fingerprint density at radius 3 is 2.69 bits per heavy atom. The molecule has 1 saturated heterocycles. The highest BCUT2D eigenvalue weighted by atomic mass is 32.2. The fourth-order valence-electron chi connectivity index (χ4n) is 0.917. The van der Waals surface area contributed by atoms with E-state index in [1.807, 2.05) is 0 Å². The number of epoxide rings is 1. The highest BCUT2D eigenvalue weighted by Crippen LogP contribution is 2.08. The van der Waals surface area contributed by atoms with Gasteiger partial charge in [0.15, 0.2) is 5.75 Å². The molecule has 1 aliphatic rings. The largest absolute Gasteiger partial charge is 0.465 e. The molecule has 0 amide bonds. The molecule has 0 saturated carbocycles. The van der Waals surface area contributed by atoms with E-state index in [1.165, 1.54) is 0 Å². The highest BCUT2D eigenvalue weighted by molar-refractivity contribution is 7.86. The molecule has 0 aromatic heterocycles. The Kier molecular flexibility index (Phi) is 5.13. The van der Waals surface area contributed by atoms with Crippen LogP contribution in [0.3, 0.4) is 0 Å². The minimum Gasteiger partial charge on any atom is -0.465 e. The molecule has 0 aromatic carbocycles. The molecule has 1 fully saturated rings. The zero-order valence-corrected chi connectivity index (χ0v) is 9.44. The SMILES string of the molecule is O=C(CS(=O)(=O)O)OCCCOCC1CO1.